The highest BCUT2D eigenvalue weighted by Gasteiger charge is 2.09. The van der Waals surface area contributed by atoms with E-state index >= 15 is 0 Å². The largest absolute Gasteiger partial charge is 0.398 e. The van der Waals surface area contributed by atoms with Gasteiger partial charge in [-0.2, -0.15) is 4.98 Å². The van der Waals surface area contributed by atoms with Gasteiger partial charge in [-0.3, -0.25) is 0 Å². The molecule has 1 aromatic heterocycles. The van der Waals surface area contributed by atoms with Crippen LogP contribution in [0.25, 0.3) is 0 Å². The van der Waals surface area contributed by atoms with E-state index in [0.29, 0.717) is 17.6 Å². The third kappa shape index (κ3) is 3.50. The number of benzene rings is 1. The van der Waals surface area contributed by atoms with Gasteiger partial charge in [-0.25, -0.2) is 0 Å². The zero-order valence-electron chi connectivity index (χ0n) is 10.6. The van der Waals surface area contributed by atoms with Gasteiger partial charge in [0.1, 0.15) is 0 Å². The molecule has 0 spiro atoms. The molecular weight excluding hydrogens is 246 g/mol. The number of thioether (sulfide) groups is 1. The summed E-state index contributed by atoms with van der Waals surface area (Å²) in [6.07, 6.45) is 0.849. The Hall–Kier alpha value is -1.49. The lowest BCUT2D eigenvalue weighted by Crippen LogP contribution is -1.96. The van der Waals surface area contributed by atoms with Crippen molar-refractivity contribution >= 4 is 17.4 Å². The summed E-state index contributed by atoms with van der Waals surface area (Å²) in [4.78, 5) is 5.40. The number of anilines is 1. The zero-order chi connectivity index (χ0) is 13.0. The molecule has 2 N–H and O–H groups in total. The zero-order valence-corrected chi connectivity index (χ0v) is 11.4. The summed E-state index contributed by atoms with van der Waals surface area (Å²) in [6, 6.07) is 7.77. The number of para-hydroxylation sites is 1. The molecule has 0 amide bonds. The lowest BCUT2D eigenvalue weighted by molar-refractivity contribution is 0.382. The topological polar surface area (TPSA) is 64.9 Å². The molecule has 5 heteroatoms. The predicted molar refractivity (Wildman–Crippen MR) is 73.3 cm³/mol. The quantitative estimate of drug-likeness (QED) is 0.663. The van der Waals surface area contributed by atoms with Crippen molar-refractivity contribution in [2.24, 2.45) is 5.92 Å². The van der Waals surface area contributed by atoms with E-state index in [4.69, 9.17) is 10.3 Å². The average Bonchev–Trinajstić information content (AvgIpc) is 2.75. The fraction of sp³-hybridized carbons (Fsp3) is 0.385. The van der Waals surface area contributed by atoms with E-state index in [2.05, 4.69) is 24.0 Å². The molecular formula is C13H17N3OS. The summed E-state index contributed by atoms with van der Waals surface area (Å²) < 4.78 is 5.20. The number of rotatable bonds is 5. The van der Waals surface area contributed by atoms with E-state index in [1.807, 2.05) is 24.3 Å². The number of nitrogens with zero attached hydrogens (tertiary/aromatic N) is 2. The molecule has 0 unspecified atom stereocenters. The van der Waals surface area contributed by atoms with Crippen molar-refractivity contribution in [2.45, 2.75) is 30.9 Å². The van der Waals surface area contributed by atoms with Crippen molar-refractivity contribution in [1.29, 1.82) is 0 Å². The molecule has 96 valence electrons. The second-order valence-electron chi connectivity index (χ2n) is 4.53. The molecule has 0 aliphatic heterocycles. The first-order valence-electron chi connectivity index (χ1n) is 5.94. The van der Waals surface area contributed by atoms with Crippen molar-refractivity contribution < 1.29 is 4.52 Å². The van der Waals surface area contributed by atoms with Gasteiger partial charge in [0.05, 0.1) is 5.75 Å². The molecule has 1 aromatic carbocycles. The maximum atomic E-state index is 5.87. The van der Waals surface area contributed by atoms with Crippen LogP contribution in [0.15, 0.2) is 33.7 Å². The Balaban J connectivity index is 1.94. The van der Waals surface area contributed by atoms with E-state index in [9.17, 15) is 0 Å². The summed E-state index contributed by atoms with van der Waals surface area (Å²) in [7, 11) is 0. The molecule has 2 rings (SSSR count). The molecule has 1 heterocycles. The van der Waals surface area contributed by atoms with Gasteiger partial charge in [0.25, 0.3) is 0 Å². The third-order valence-corrected chi connectivity index (χ3v) is 3.45. The molecule has 0 saturated heterocycles. The second kappa shape index (κ2) is 5.91. The standard InChI is InChI=1S/C13H17N3OS/c1-9(2)7-12-15-13(17-16-12)8-18-11-6-4-3-5-10(11)14/h3-6,9H,7-8,14H2,1-2H3. The van der Waals surface area contributed by atoms with Crippen molar-refractivity contribution in [3.05, 3.63) is 36.0 Å². The summed E-state index contributed by atoms with van der Waals surface area (Å²) in [5, 5.41) is 3.96. The van der Waals surface area contributed by atoms with Crippen LogP contribution in [0.5, 0.6) is 0 Å². The van der Waals surface area contributed by atoms with Gasteiger partial charge in [0.15, 0.2) is 5.82 Å². The summed E-state index contributed by atoms with van der Waals surface area (Å²) in [6.45, 7) is 4.27. The normalized spacial score (nSPS) is 11.1. The van der Waals surface area contributed by atoms with Crippen LogP contribution in [0.3, 0.4) is 0 Å². The van der Waals surface area contributed by atoms with Crippen molar-refractivity contribution in [3.63, 3.8) is 0 Å². The van der Waals surface area contributed by atoms with Crippen molar-refractivity contribution in [3.8, 4) is 0 Å². The van der Waals surface area contributed by atoms with Gasteiger partial charge in [-0.15, -0.1) is 11.8 Å². The minimum atomic E-state index is 0.535. The van der Waals surface area contributed by atoms with E-state index in [1.54, 1.807) is 11.8 Å². The van der Waals surface area contributed by atoms with Crippen LogP contribution in [-0.4, -0.2) is 10.1 Å². The highest BCUT2D eigenvalue weighted by Crippen LogP contribution is 2.27. The number of hydrogen-bond acceptors (Lipinski definition) is 5. The van der Waals surface area contributed by atoms with Gasteiger partial charge in [-0.1, -0.05) is 31.1 Å². The molecule has 0 bridgehead atoms. The van der Waals surface area contributed by atoms with E-state index in [0.717, 1.165) is 22.8 Å². The maximum absolute atomic E-state index is 5.87. The predicted octanol–water partition coefficient (Wildman–Crippen LogP) is 3.14. The lowest BCUT2D eigenvalue weighted by atomic mass is 10.1. The summed E-state index contributed by atoms with van der Waals surface area (Å²) in [5.41, 5.74) is 6.65. The third-order valence-electron chi connectivity index (χ3n) is 2.37. The van der Waals surface area contributed by atoms with Crippen LogP contribution < -0.4 is 5.73 Å². The number of aromatic nitrogens is 2. The molecule has 0 saturated carbocycles. The lowest BCUT2D eigenvalue weighted by Gasteiger charge is -2.01. The summed E-state index contributed by atoms with van der Waals surface area (Å²) in [5.74, 6) is 2.62. The molecule has 2 aromatic rings. The number of nitrogens with two attached hydrogens (primary N) is 1. The monoisotopic (exact) mass is 263 g/mol. The number of hydrogen-bond donors (Lipinski definition) is 1. The fourth-order valence-electron chi connectivity index (χ4n) is 1.55. The van der Waals surface area contributed by atoms with Crippen LogP contribution in [-0.2, 0) is 12.2 Å². The molecule has 0 atom stereocenters. The highest BCUT2D eigenvalue weighted by molar-refractivity contribution is 7.98. The van der Waals surface area contributed by atoms with E-state index in [1.165, 1.54) is 0 Å². The fourth-order valence-corrected chi connectivity index (χ4v) is 2.35. The first-order chi connectivity index (χ1) is 8.65. The SMILES string of the molecule is CC(C)Cc1noc(CSc2ccccc2N)n1. The molecule has 0 fully saturated rings. The van der Waals surface area contributed by atoms with Crippen LogP contribution in [0.2, 0.25) is 0 Å². The Kier molecular flexibility index (Phi) is 4.25. The first-order valence-corrected chi connectivity index (χ1v) is 6.92. The van der Waals surface area contributed by atoms with Crippen LogP contribution >= 0.6 is 11.8 Å². The molecule has 0 aliphatic carbocycles. The smallest absolute Gasteiger partial charge is 0.237 e. The van der Waals surface area contributed by atoms with Gasteiger partial charge in [-0.05, 0) is 18.1 Å². The molecule has 4 nitrogen and oxygen atoms in total. The van der Waals surface area contributed by atoms with Crippen molar-refractivity contribution in [1.82, 2.24) is 10.1 Å². The van der Waals surface area contributed by atoms with E-state index in [-0.39, 0.29) is 0 Å². The Labute approximate surface area is 111 Å². The first kappa shape index (κ1) is 13.0. The Morgan fingerprint density at radius 3 is 2.83 bits per heavy atom. The molecule has 18 heavy (non-hydrogen) atoms. The van der Waals surface area contributed by atoms with Crippen LogP contribution in [0, 0.1) is 5.92 Å². The average molecular weight is 263 g/mol. The highest BCUT2D eigenvalue weighted by atomic mass is 32.2. The number of nitrogen functional groups attached to an aromatic ring is 1. The van der Waals surface area contributed by atoms with Gasteiger partial charge in [0.2, 0.25) is 5.89 Å². The molecule has 0 radical (unpaired) electrons. The Bertz CT molecular complexity index is 510. The van der Waals surface area contributed by atoms with Crippen molar-refractivity contribution in [2.75, 3.05) is 5.73 Å². The summed E-state index contributed by atoms with van der Waals surface area (Å²) >= 11 is 1.61. The van der Waals surface area contributed by atoms with E-state index < -0.39 is 0 Å². The van der Waals surface area contributed by atoms with Crippen LogP contribution in [0.1, 0.15) is 25.6 Å². The van der Waals surface area contributed by atoms with Crippen LogP contribution in [0.4, 0.5) is 5.69 Å². The Morgan fingerprint density at radius 2 is 2.11 bits per heavy atom. The van der Waals surface area contributed by atoms with Gasteiger partial charge in [0, 0.05) is 17.0 Å². The maximum Gasteiger partial charge on any atom is 0.237 e. The Morgan fingerprint density at radius 1 is 1.33 bits per heavy atom. The second-order valence-corrected chi connectivity index (χ2v) is 5.55. The minimum absolute atomic E-state index is 0.535. The minimum Gasteiger partial charge on any atom is -0.398 e. The molecule has 0 aliphatic rings. The van der Waals surface area contributed by atoms with Gasteiger partial charge < -0.3 is 10.3 Å². The van der Waals surface area contributed by atoms with Gasteiger partial charge >= 0.3 is 0 Å².